The summed E-state index contributed by atoms with van der Waals surface area (Å²) in [7, 11) is 0. The molecule has 2 rings (SSSR count). The molecule has 94 valence electrons. The molecule has 6 nitrogen and oxygen atoms in total. The Labute approximate surface area is 103 Å². The summed E-state index contributed by atoms with van der Waals surface area (Å²) in [6.07, 6.45) is 0.336. The molecule has 0 bridgehead atoms. The fourth-order valence-corrected chi connectivity index (χ4v) is 1.64. The number of hydrogen-bond donors (Lipinski definition) is 2. The Morgan fingerprint density at radius 2 is 1.83 bits per heavy atom. The summed E-state index contributed by atoms with van der Waals surface area (Å²) in [5.74, 6) is -1.16. The lowest BCUT2D eigenvalue weighted by atomic mass is 10.1. The van der Waals surface area contributed by atoms with Gasteiger partial charge in [-0.25, -0.2) is 9.69 Å². The highest BCUT2D eigenvalue weighted by molar-refractivity contribution is 6.20. The Kier molecular flexibility index (Phi) is 2.50. The zero-order valence-electron chi connectivity index (χ0n) is 9.58. The van der Waals surface area contributed by atoms with Crippen molar-refractivity contribution >= 4 is 17.7 Å². The van der Waals surface area contributed by atoms with Crippen molar-refractivity contribution in [2.45, 2.75) is 12.5 Å². The van der Waals surface area contributed by atoms with Crippen LogP contribution in [0, 0.1) is 0 Å². The van der Waals surface area contributed by atoms with Gasteiger partial charge in [-0.15, -0.1) is 0 Å². The number of phenolic OH excluding ortho intramolecular Hbond substituents is 2. The third kappa shape index (κ3) is 1.67. The number of aromatic hydroxyl groups is 2. The SMILES string of the molecule is C=CC1(C)OC(=O)N(c2cc(O)cc(O)c2)C1=O. The van der Waals surface area contributed by atoms with Crippen molar-refractivity contribution in [2.75, 3.05) is 4.90 Å². The third-order valence-corrected chi connectivity index (χ3v) is 2.64. The van der Waals surface area contributed by atoms with Crippen molar-refractivity contribution in [1.82, 2.24) is 0 Å². The number of phenols is 2. The van der Waals surface area contributed by atoms with E-state index >= 15 is 0 Å². The van der Waals surface area contributed by atoms with Crippen molar-refractivity contribution in [2.24, 2.45) is 0 Å². The number of cyclic esters (lactones) is 1. The first kappa shape index (κ1) is 12.0. The average molecular weight is 249 g/mol. The molecule has 0 radical (unpaired) electrons. The van der Waals surface area contributed by atoms with Gasteiger partial charge in [-0.1, -0.05) is 6.58 Å². The van der Waals surface area contributed by atoms with Crippen LogP contribution in [0.1, 0.15) is 6.92 Å². The van der Waals surface area contributed by atoms with Crippen LogP contribution in [-0.2, 0) is 9.53 Å². The first-order valence-corrected chi connectivity index (χ1v) is 5.11. The van der Waals surface area contributed by atoms with Gasteiger partial charge in [0.25, 0.3) is 5.91 Å². The molecule has 2 amide bonds. The average Bonchev–Trinajstić information content (AvgIpc) is 2.49. The molecule has 1 saturated heterocycles. The van der Waals surface area contributed by atoms with Gasteiger partial charge < -0.3 is 14.9 Å². The Hall–Kier alpha value is -2.50. The van der Waals surface area contributed by atoms with Gasteiger partial charge in [0, 0.05) is 18.2 Å². The largest absolute Gasteiger partial charge is 0.508 e. The molecule has 6 heteroatoms. The van der Waals surface area contributed by atoms with E-state index < -0.39 is 17.6 Å². The molecule has 18 heavy (non-hydrogen) atoms. The summed E-state index contributed by atoms with van der Waals surface area (Å²) in [6, 6.07) is 3.43. The molecule has 1 atom stereocenters. The maximum absolute atomic E-state index is 12.0. The molecular weight excluding hydrogens is 238 g/mol. The quantitative estimate of drug-likeness (QED) is 0.776. The maximum atomic E-state index is 12.0. The van der Waals surface area contributed by atoms with Gasteiger partial charge in [0.1, 0.15) is 11.5 Å². The molecule has 1 aliphatic heterocycles. The Morgan fingerprint density at radius 1 is 1.28 bits per heavy atom. The molecule has 1 heterocycles. The van der Waals surface area contributed by atoms with E-state index in [9.17, 15) is 19.8 Å². The van der Waals surface area contributed by atoms with E-state index in [1.165, 1.54) is 25.1 Å². The molecule has 0 spiro atoms. The van der Waals surface area contributed by atoms with Crippen LogP contribution in [0.4, 0.5) is 10.5 Å². The molecule has 1 fully saturated rings. The van der Waals surface area contributed by atoms with Crippen LogP contribution in [0.2, 0.25) is 0 Å². The highest BCUT2D eigenvalue weighted by atomic mass is 16.6. The number of ether oxygens (including phenoxy) is 1. The van der Waals surface area contributed by atoms with E-state index in [2.05, 4.69) is 6.58 Å². The topological polar surface area (TPSA) is 87.1 Å². The lowest BCUT2D eigenvalue weighted by molar-refractivity contribution is -0.125. The zero-order chi connectivity index (χ0) is 13.5. The summed E-state index contributed by atoms with van der Waals surface area (Å²) in [6.45, 7) is 4.84. The van der Waals surface area contributed by atoms with Gasteiger partial charge in [0.2, 0.25) is 5.60 Å². The maximum Gasteiger partial charge on any atom is 0.422 e. The van der Waals surface area contributed by atoms with Gasteiger partial charge in [0.15, 0.2) is 0 Å². The van der Waals surface area contributed by atoms with E-state index in [0.29, 0.717) is 0 Å². The smallest absolute Gasteiger partial charge is 0.422 e. The lowest BCUT2D eigenvalue weighted by Crippen LogP contribution is -2.36. The number of anilines is 1. The van der Waals surface area contributed by atoms with Crippen molar-refractivity contribution in [3.63, 3.8) is 0 Å². The number of imide groups is 1. The number of carbonyl (C=O) groups excluding carboxylic acids is 2. The van der Waals surface area contributed by atoms with Gasteiger partial charge in [-0.3, -0.25) is 4.79 Å². The number of benzene rings is 1. The molecular formula is C12H11NO5. The molecule has 0 aliphatic carbocycles. The third-order valence-electron chi connectivity index (χ3n) is 2.64. The van der Waals surface area contributed by atoms with E-state index in [1.807, 2.05) is 0 Å². The van der Waals surface area contributed by atoms with Gasteiger partial charge in [-0.05, 0) is 13.0 Å². The van der Waals surface area contributed by atoms with Gasteiger partial charge in [-0.2, -0.15) is 0 Å². The molecule has 0 aromatic heterocycles. The fourth-order valence-electron chi connectivity index (χ4n) is 1.64. The number of hydrogen-bond acceptors (Lipinski definition) is 5. The Bertz CT molecular complexity index is 533. The minimum absolute atomic E-state index is 0.0353. The van der Waals surface area contributed by atoms with Crippen LogP contribution < -0.4 is 4.90 Å². The van der Waals surface area contributed by atoms with E-state index in [4.69, 9.17) is 4.74 Å². The highest BCUT2D eigenvalue weighted by Gasteiger charge is 2.49. The van der Waals surface area contributed by atoms with Crippen molar-refractivity contribution in [1.29, 1.82) is 0 Å². The molecule has 1 unspecified atom stereocenters. The molecule has 0 saturated carbocycles. The minimum Gasteiger partial charge on any atom is -0.508 e. The normalized spacial score (nSPS) is 23.1. The molecule has 1 aromatic rings. The summed E-state index contributed by atoms with van der Waals surface area (Å²) in [5.41, 5.74) is -1.40. The van der Waals surface area contributed by atoms with Crippen LogP contribution in [0.15, 0.2) is 30.9 Å². The summed E-state index contributed by atoms with van der Waals surface area (Å²) < 4.78 is 4.91. The van der Waals surface area contributed by atoms with Crippen LogP contribution in [0.5, 0.6) is 11.5 Å². The Balaban J connectivity index is 2.48. The molecule has 2 N–H and O–H groups in total. The van der Waals surface area contributed by atoms with Crippen LogP contribution in [0.3, 0.4) is 0 Å². The van der Waals surface area contributed by atoms with E-state index in [1.54, 1.807) is 0 Å². The van der Waals surface area contributed by atoms with Crippen molar-refractivity contribution in [3.8, 4) is 11.5 Å². The van der Waals surface area contributed by atoms with Gasteiger partial charge in [0.05, 0.1) is 5.69 Å². The second kappa shape index (κ2) is 3.76. The lowest BCUT2D eigenvalue weighted by Gasteiger charge is -2.15. The van der Waals surface area contributed by atoms with E-state index in [-0.39, 0.29) is 17.2 Å². The molecule has 1 aromatic carbocycles. The first-order chi connectivity index (χ1) is 8.37. The van der Waals surface area contributed by atoms with Crippen LogP contribution >= 0.6 is 0 Å². The van der Waals surface area contributed by atoms with Gasteiger partial charge >= 0.3 is 6.09 Å². The second-order valence-corrected chi connectivity index (χ2v) is 4.03. The second-order valence-electron chi connectivity index (χ2n) is 4.03. The molecule has 1 aliphatic rings. The fraction of sp³-hybridized carbons (Fsp3) is 0.167. The van der Waals surface area contributed by atoms with Crippen LogP contribution in [0.25, 0.3) is 0 Å². The van der Waals surface area contributed by atoms with Crippen LogP contribution in [-0.4, -0.2) is 27.8 Å². The predicted octanol–water partition coefficient (Wildman–Crippen LogP) is 1.53. The number of carbonyl (C=O) groups is 2. The number of amides is 2. The summed E-state index contributed by atoms with van der Waals surface area (Å²) in [5, 5.41) is 18.7. The summed E-state index contributed by atoms with van der Waals surface area (Å²) in [4.78, 5) is 24.4. The summed E-state index contributed by atoms with van der Waals surface area (Å²) >= 11 is 0. The standard InChI is InChI=1S/C12H11NO5/c1-3-12(2)10(16)13(11(17)18-12)7-4-8(14)6-9(15)5-7/h3-6,14-15H,1H2,2H3. The first-order valence-electron chi connectivity index (χ1n) is 5.11. The Morgan fingerprint density at radius 3 is 2.28 bits per heavy atom. The minimum atomic E-state index is -1.43. The number of nitrogens with zero attached hydrogens (tertiary/aromatic N) is 1. The number of rotatable bonds is 2. The van der Waals surface area contributed by atoms with Crippen molar-refractivity contribution in [3.05, 3.63) is 30.9 Å². The van der Waals surface area contributed by atoms with Crippen molar-refractivity contribution < 1.29 is 24.5 Å². The zero-order valence-corrected chi connectivity index (χ0v) is 9.58. The highest BCUT2D eigenvalue weighted by Crippen LogP contribution is 2.33. The van der Waals surface area contributed by atoms with E-state index in [0.717, 1.165) is 11.0 Å². The monoisotopic (exact) mass is 249 g/mol. The predicted molar refractivity (Wildman–Crippen MR) is 62.3 cm³/mol.